The number of carbonyl (C=O) groups is 1. The Bertz CT molecular complexity index is 1080. The molecule has 0 aliphatic carbocycles. The van der Waals surface area contributed by atoms with Crippen LogP contribution in [0.2, 0.25) is 5.02 Å². The molecule has 1 fully saturated rings. The Morgan fingerprint density at radius 2 is 1.97 bits per heavy atom. The van der Waals surface area contributed by atoms with Crippen LogP contribution in [0.5, 0.6) is 5.75 Å². The van der Waals surface area contributed by atoms with E-state index in [1.165, 1.54) is 5.56 Å². The van der Waals surface area contributed by atoms with Gasteiger partial charge in [-0.2, -0.15) is 0 Å². The lowest BCUT2D eigenvalue weighted by Gasteiger charge is -2.34. The number of rotatable bonds is 2. The largest absolute Gasteiger partial charge is 0.487 e. The number of likely N-dealkylation sites (tertiary alicyclic amines) is 1. The molecule has 1 saturated heterocycles. The predicted octanol–water partition coefficient (Wildman–Crippen LogP) is 7.20. The average Bonchev–Trinajstić information content (AvgIpc) is 3.23. The Labute approximate surface area is 226 Å². The maximum Gasteiger partial charge on any atom is 0.410 e. The van der Waals surface area contributed by atoms with Gasteiger partial charge in [-0.05, 0) is 111 Å². The molecule has 0 saturated carbocycles. The van der Waals surface area contributed by atoms with Crippen molar-refractivity contribution in [1.82, 2.24) is 4.90 Å². The lowest BCUT2D eigenvalue weighted by molar-refractivity contribution is 0.0231. The topological polar surface area (TPSA) is 42.0 Å². The summed E-state index contributed by atoms with van der Waals surface area (Å²) in [5.41, 5.74) is 2.16. The summed E-state index contributed by atoms with van der Waals surface area (Å²) in [6.45, 7) is 7.83. The summed E-state index contributed by atoms with van der Waals surface area (Å²) in [4.78, 5) is 16.8. The van der Waals surface area contributed by atoms with Gasteiger partial charge in [-0.1, -0.05) is 17.7 Å². The normalized spacial score (nSPS) is 18.9. The van der Waals surface area contributed by atoms with Crippen molar-refractivity contribution in [3.05, 3.63) is 55.9 Å². The number of nitrogens with zero attached hydrogens (tertiary/aromatic N) is 2. The molecule has 2 aliphatic rings. The summed E-state index contributed by atoms with van der Waals surface area (Å²) < 4.78 is 28.1. The third kappa shape index (κ3) is 6.53. The molecule has 2 aromatic rings. The van der Waals surface area contributed by atoms with Crippen molar-refractivity contribution in [2.24, 2.45) is 0 Å². The van der Waals surface area contributed by atoms with E-state index in [9.17, 15) is 4.79 Å². The minimum absolute atomic E-state index is 0.0453. The van der Waals surface area contributed by atoms with Crippen LogP contribution < -0.4 is 9.64 Å². The summed E-state index contributed by atoms with van der Waals surface area (Å²) in [7, 11) is 0. The fourth-order valence-electron chi connectivity index (χ4n) is 4.81. The minimum atomic E-state index is -0.556. The van der Waals surface area contributed by atoms with E-state index in [4.69, 9.17) is 21.1 Å². The number of halogens is 3. The van der Waals surface area contributed by atoms with Crippen molar-refractivity contribution in [2.45, 2.75) is 71.1 Å². The molecule has 2 heterocycles. The molecule has 0 bridgehead atoms. The first-order valence-electron chi connectivity index (χ1n) is 12.2. The van der Waals surface area contributed by atoms with E-state index < -0.39 is 5.60 Å². The number of benzene rings is 2. The molecule has 5 nitrogen and oxygen atoms in total. The van der Waals surface area contributed by atoms with Gasteiger partial charge in [0, 0.05) is 24.7 Å². The molecule has 1 amide bonds. The summed E-state index contributed by atoms with van der Waals surface area (Å²) in [6.07, 6.45) is 4.19. The van der Waals surface area contributed by atoms with Crippen LogP contribution in [0.4, 0.5) is 14.9 Å². The zero-order chi connectivity index (χ0) is 25.2. The van der Waals surface area contributed by atoms with E-state index in [0.717, 1.165) is 37.7 Å². The summed E-state index contributed by atoms with van der Waals surface area (Å²) in [5, 5.41) is 0.713. The van der Waals surface area contributed by atoms with E-state index >= 15 is 4.39 Å². The summed E-state index contributed by atoms with van der Waals surface area (Å²) in [6, 6.07) is 9.42. The number of fused-ring (bicyclic) bond motifs is 2. The molecule has 0 aromatic heterocycles. The summed E-state index contributed by atoms with van der Waals surface area (Å²) in [5.74, 6) is 0.244. The molecule has 2 aromatic carbocycles. The van der Waals surface area contributed by atoms with Crippen molar-refractivity contribution in [2.75, 3.05) is 24.5 Å². The van der Waals surface area contributed by atoms with Gasteiger partial charge in [-0.15, -0.1) is 0 Å². The van der Waals surface area contributed by atoms with Crippen molar-refractivity contribution in [3.63, 3.8) is 0 Å². The molecule has 190 valence electrons. The quantitative estimate of drug-likeness (QED) is 0.336. The highest BCUT2D eigenvalue weighted by molar-refractivity contribution is 14.1. The second-order valence-corrected chi connectivity index (χ2v) is 11.9. The first kappa shape index (κ1) is 26.3. The molecule has 4 rings (SSSR count). The standard InChI is InChI=1S/C27H33ClFIN2O3/c1-27(2,3)35-26(33)32-14-6-8-21(32)16-31-13-5-4-7-18-15-20(28)10-9-19(18)17-34-23-12-11-22(30)24(29)25(23)31/h9-12,15,21H,4-8,13-14,16-17H2,1-3H3/t21-/m0/s1. The van der Waals surface area contributed by atoms with Crippen LogP contribution in [0.25, 0.3) is 0 Å². The van der Waals surface area contributed by atoms with Crippen molar-refractivity contribution in [1.29, 1.82) is 0 Å². The number of hydrogen-bond donors (Lipinski definition) is 0. The number of hydrogen-bond acceptors (Lipinski definition) is 4. The third-order valence-electron chi connectivity index (χ3n) is 6.46. The number of carbonyl (C=O) groups excluding carboxylic acids is 1. The van der Waals surface area contributed by atoms with Gasteiger partial charge in [0.1, 0.15) is 23.6 Å². The number of aryl methyl sites for hydroxylation is 1. The average molecular weight is 615 g/mol. The second kappa shape index (κ2) is 11.1. The molecule has 8 heteroatoms. The maximum atomic E-state index is 15.6. The van der Waals surface area contributed by atoms with Gasteiger partial charge in [0.25, 0.3) is 0 Å². The van der Waals surface area contributed by atoms with Crippen LogP contribution in [0.1, 0.15) is 57.6 Å². The van der Waals surface area contributed by atoms with E-state index in [1.54, 1.807) is 11.0 Å². The molecule has 1 atom stereocenters. The first-order valence-corrected chi connectivity index (χ1v) is 13.7. The Morgan fingerprint density at radius 3 is 2.74 bits per heavy atom. The first-order chi connectivity index (χ1) is 16.6. The van der Waals surface area contributed by atoms with Crippen LogP contribution >= 0.6 is 34.2 Å². The molecule has 2 aliphatic heterocycles. The maximum absolute atomic E-state index is 15.6. The Morgan fingerprint density at radius 1 is 1.17 bits per heavy atom. The molecule has 35 heavy (non-hydrogen) atoms. The number of amides is 1. The van der Waals surface area contributed by atoms with Crippen LogP contribution in [-0.4, -0.2) is 42.3 Å². The lowest BCUT2D eigenvalue weighted by Crippen LogP contribution is -2.46. The van der Waals surface area contributed by atoms with Gasteiger partial charge in [0.2, 0.25) is 0 Å². The predicted molar refractivity (Wildman–Crippen MR) is 146 cm³/mol. The smallest absolute Gasteiger partial charge is 0.410 e. The van der Waals surface area contributed by atoms with Crippen molar-refractivity contribution < 1.29 is 18.7 Å². The Balaban J connectivity index is 1.63. The van der Waals surface area contributed by atoms with E-state index in [0.29, 0.717) is 46.3 Å². The highest BCUT2D eigenvalue weighted by atomic mass is 127. The highest BCUT2D eigenvalue weighted by Crippen LogP contribution is 2.37. The van der Waals surface area contributed by atoms with Gasteiger partial charge >= 0.3 is 6.09 Å². The zero-order valence-corrected chi connectivity index (χ0v) is 23.5. The minimum Gasteiger partial charge on any atom is -0.487 e. The molecule has 0 N–H and O–H groups in total. The van der Waals surface area contributed by atoms with Crippen molar-refractivity contribution >= 4 is 46.0 Å². The molecular weight excluding hydrogens is 582 g/mol. The number of ether oxygens (including phenoxy) is 2. The molecule has 0 spiro atoms. The third-order valence-corrected chi connectivity index (χ3v) is 7.53. The fourth-order valence-corrected chi connectivity index (χ4v) is 5.44. The molecule has 0 radical (unpaired) electrons. The SMILES string of the molecule is CC(C)(C)OC(=O)N1CCC[C@H]1CN1CCCCc2cc(Cl)ccc2COc2ccc(I)c(F)c21. The van der Waals surface area contributed by atoms with E-state index in [-0.39, 0.29) is 18.0 Å². The van der Waals surface area contributed by atoms with Gasteiger partial charge < -0.3 is 19.3 Å². The number of anilines is 1. The molecule has 0 unspecified atom stereocenters. The fraction of sp³-hybridized carbons (Fsp3) is 0.519. The van der Waals surface area contributed by atoms with Gasteiger partial charge in [-0.3, -0.25) is 0 Å². The van der Waals surface area contributed by atoms with Gasteiger partial charge in [0.05, 0.1) is 9.61 Å². The Kier molecular flexibility index (Phi) is 8.36. The van der Waals surface area contributed by atoms with Crippen LogP contribution in [0, 0.1) is 9.39 Å². The Hall–Kier alpha value is -1.74. The highest BCUT2D eigenvalue weighted by Gasteiger charge is 2.34. The van der Waals surface area contributed by atoms with Crippen LogP contribution in [0.15, 0.2) is 30.3 Å². The summed E-state index contributed by atoms with van der Waals surface area (Å²) >= 11 is 8.28. The van der Waals surface area contributed by atoms with Gasteiger partial charge in [-0.25, -0.2) is 9.18 Å². The second-order valence-electron chi connectivity index (χ2n) is 10.3. The van der Waals surface area contributed by atoms with Crippen LogP contribution in [0.3, 0.4) is 0 Å². The molecular formula is C27H33ClFIN2O3. The van der Waals surface area contributed by atoms with E-state index in [1.807, 2.05) is 67.6 Å². The lowest BCUT2D eigenvalue weighted by atomic mass is 10.0. The van der Waals surface area contributed by atoms with E-state index in [2.05, 4.69) is 4.90 Å². The zero-order valence-electron chi connectivity index (χ0n) is 20.6. The van der Waals surface area contributed by atoms with Gasteiger partial charge in [0.15, 0.2) is 5.82 Å². The van der Waals surface area contributed by atoms with Crippen molar-refractivity contribution in [3.8, 4) is 5.75 Å². The monoisotopic (exact) mass is 614 g/mol. The van der Waals surface area contributed by atoms with Crippen LogP contribution in [-0.2, 0) is 17.8 Å².